The van der Waals surface area contributed by atoms with E-state index in [1.165, 1.54) is 42.5 Å². The van der Waals surface area contributed by atoms with Crippen LogP contribution in [0, 0.1) is 0 Å². The average molecular weight is 437 g/mol. The molecule has 3 aromatic rings. The van der Waals surface area contributed by atoms with E-state index in [1.54, 1.807) is 5.38 Å². The Morgan fingerprint density at radius 3 is 2.54 bits per heavy atom. The smallest absolute Gasteiger partial charge is 0.324 e. The highest BCUT2D eigenvalue weighted by Gasteiger charge is 2.23. The monoisotopic (exact) mass is 436 g/mol. The van der Waals surface area contributed by atoms with Crippen LogP contribution in [0.3, 0.4) is 0 Å². The Labute approximate surface area is 172 Å². The van der Waals surface area contributed by atoms with Crippen molar-refractivity contribution in [2.24, 2.45) is 0 Å². The minimum atomic E-state index is -3.86. The van der Waals surface area contributed by atoms with Gasteiger partial charge < -0.3 is 4.74 Å². The van der Waals surface area contributed by atoms with Gasteiger partial charge in [-0.1, -0.05) is 41.9 Å². The molecule has 146 valence electrons. The number of carbonyl (C=O) groups excluding carboxylic acids is 1. The van der Waals surface area contributed by atoms with Crippen LogP contribution in [0.1, 0.15) is 12.6 Å². The van der Waals surface area contributed by atoms with Crippen molar-refractivity contribution in [2.75, 3.05) is 0 Å². The maximum atomic E-state index is 12.3. The minimum absolute atomic E-state index is 0.0172. The summed E-state index contributed by atoms with van der Waals surface area (Å²) in [5, 5.41) is 3.05. The van der Waals surface area contributed by atoms with Gasteiger partial charge in [0.25, 0.3) is 0 Å². The van der Waals surface area contributed by atoms with Gasteiger partial charge in [-0.25, -0.2) is 13.4 Å². The quantitative estimate of drug-likeness (QED) is 0.568. The first-order valence-electron chi connectivity index (χ1n) is 8.29. The maximum absolute atomic E-state index is 12.3. The molecule has 9 heteroatoms. The molecule has 0 aliphatic heterocycles. The first kappa shape index (κ1) is 20.5. The highest BCUT2D eigenvalue weighted by atomic mass is 35.5. The predicted molar refractivity (Wildman–Crippen MR) is 109 cm³/mol. The Bertz CT molecular complexity index is 1050. The number of esters is 1. The summed E-state index contributed by atoms with van der Waals surface area (Å²) in [6, 6.07) is 14.3. The van der Waals surface area contributed by atoms with E-state index >= 15 is 0 Å². The van der Waals surface area contributed by atoms with Gasteiger partial charge >= 0.3 is 5.97 Å². The molecule has 2 aromatic carbocycles. The molecule has 1 N–H and O–H groups in total. The largest absolute Gasteiger partial charge is 0.458 e. The van der Waals surface area contributed by atoms with E-state index in [1.807, 2.05) is 30.3 Å². The first-order chi connectivity index (χ1) is 13.3. The number of benzene rings is 2. The molecule has 3 rings (SSSR count). The number of nitrogens with one attached hydrogen (secondary N) is 1. The molecular weight excluding hydrogens is 420 g/mol. The lowest BCUT2D eigenvalue weighted by atomic mass is 10.2. The highest BCUT2D eigenvalue weighted by molar-refractivity contribution is 7.89. The van der Waals surface area contributed by atoms with Gasteiger partial charge in [-0.2, -0.15) is 4.72 Å². The lowest BCUT2D eigenvalue weighted by Gasteiger charge is -2.13. The fourth-order valence-corrected chi connectivity index (χ4v) is 4.45. The van der Waals surface area contributed by atoms with Crippen LogP contribution in [0.25, 0.3) is 10.6 Å². The molecule has 1 heterocycles. The minimum Gasteiger partial charge on any atom is -0.458 e. The lowest BCUT2D eigenvalue weighted by molar-refractivity contribution is -0.146. The van der Waals surface area contributed by atoms with E-state index < -0.39 is 22.0 Å². The van der Waals surface area contributed by atoms with Crippen LogP contribution < -0.4 is 4.72 Å². The molecule has 0 spiro atoms. The van der Waals surface area contributed by atoms with E-state index in [-0.39, 0.29) is 11.5 Å². The van der Waals surface area contributed by atoms with Crippen molar-refractivity contribution in [1.29, 1.82) is 0 Å². The molecule has 0 aliphatic carbocycles. The zero-order valence-corrected chi connectivity index (χ0v) is 17.2. The van der Waals surface area contributed by atoms with Gasteiger partial charge in [-0.3, -0.25) is 4.79 Å². The number of nitrogens with zero attached hydrogens (tertiary/aromatic N) is 1. The van der Waals surface area contributed by atoms with Crippen molar-refractivity contribution >= 4 is 38.9 Å². The molecule has 0 bridgehead atoms. The summed E-state index contributed by atoms with van der Waals surface area (Å²) in [5.41, 5.74) is 1.58. The van der Waals surface area contributed by atoms with Gasteiger partial charge in [-0.05, 0) is 31.2 Å². The summed E-state index contributed by atoms with van der Waals surface area (Å²) in [6.07, 6.45) is 0. The second-order valence-corrected chi connectivity index (χ2v) is 8.92. The third kappa shape index (κ3) is 5.17. The van der Waals surface area contributed by atoms with Crippen LogP contribution in [0.5, 0.6) is 0 Å². The zero-order valence-electron chi connectivity index (χ0n) is 14.8. The molecule has 0 radical (unpaired) electrons. The second kappa shape index (κ2) is 8.83. The summed E-state index contributed by atoms with van der Waals surface area (Å²) < 4.78 is 32.1. The number of aromatic nitrogens is 1. The molecule has 0 aliphatic rings. The number of carbonyl (C=O) groups is 1. The first-order valence-corrected chi connectivity index (χ1v) is 11.0. The molecule has 6 nitrogen and oxygen atoms in total. The second-order valence-electron chi connectivity index (χ2n) is 5.91. The maximum Gasteiger partial charge on any atom is 0.324 e. The third-order valence-corrected chi connectivity index (χ3v) is 6.49. The summed E-state index contributed by atoms with van der Waals surface area (Å²) >= 11 is 7.21. The van der Waals surface area contributed by atoms with Crippen molar-refractivity contribution in [3.05, 3.63) is 70.7 Å². The third-order valence-electron chi connectivity index (χ3n) is 3.74. The Morgan fingerprint density at radius 1 is 1.18 bits per heavy atom. The predicted octanol–water partition coefficient (Wildman–Crippen LogP) is 3.87. The number of ether oxygens (including phenoxy) is 1. The molecule has 0 saturated carbocycles. The van der Waals surface area contributed by atoms with Gasteiger partial charge in [-0.15, -0.1) is 11.3 Å². The number of thiazole rings is 1. The normalized spacial score (nSPS) is 12.5. The zero-order chi connectivity index (χ0) is 20.1. The van der Waals surface area contributed by atoms with Gasteiger partial charge in [0, 0.05) is 16.0 Å². The van der Waals surface area contributed by atoms with Crippen LogP contribution >= 0.6 is 22.9 Å². The molecule has 1 aromatic heterocycles. The molecule has 0 saturated heterocycles. The number of rotatable bonds is 7. The molecule has 0 fully saturated rings. The van der Waals surface area contributed by atoms with Crippen LogP contribution in [0.2, 0.25) is 5.02 Å². The number of hydrogen-bond acceptors (Lipinski definition) is 6. The van der Waals surface area contributed by atoms with E-state index in [9.17, 15) is 13.2 Å². The Morgan fingerprint density at radius 2 is 1.86 bits per heavy atom. The standard InChI is InChI=1S/C19H17ClN2O4S2/c1-13(22-28(24,25)17-9-7-15(20)8-10-17)19(23)26-11-16-12-27-18(21-16)14-5-3-2-4-6-14/h2-10,12-13,22H,11H2,1H3/t13-/m1/s1. The van der Waals surface area contributed by atoms with Crippen molar-refractivity contribution < 1.29 is 17.9 Å². The SMILES string of the molecule is C[C@@H](NS(=O)(=O)c1ccc(Cl)cc1)C(=O)OCc1csc(-c2ccccc2)n1. The van der Waals surface area contributed by atoms with Gasteiger partial charge in [0.05, 0.1) is 10.6 Å². The van der Waals surface area contributed by atoms with Crippen LogP contribution in [0.4, 0.5) is 0 Å². The summed E-state index contributed by atoms with van der Waals surface area (Å²) in [5.74, 6) is -0.688. The Balaban J connectivity index is 1.57. The van der Waals surface area contributed by atoms with Crippen molar-refractivity contribution in [3.63, 3.8) is 0 Å². The van der Waals surface area contributed by atoms with Crippen molar-refractivity contribution in [1.82, 2.24) is 9.71 Å². The molecule has 0 amide bonds. The number of hydrogen-bond donors (Lipinski definition) is 1. The molecule has 0 unspecified atom stereocenters. The van der Waals surface area contributed by atoms with Crippen molar-refractivity contribution in [3.8, 4) is 10.6 Å². The lowest BCUT2D eigenvalue weighted by Crippen LogP contribution is -2.39. The topological polar surface area (TPSA) is 85.4 Å². The molecule has 28 heavy (non-hydrogen) atoms. The van der Waals surface area contributed by atoms with Crippen molar-refractivity contribution in [2.45, 2.75) is 24.5 Å². The molecule has 1 atom stereocenters. The van der Waals surface area contributed by atoms with Crippen LogP contribution in [0.15, 0.2) is 64.9 Å². The van der Waals surface area contributed by atoms with Gasteiger partial charge in [0.15, 0.2) is 0 Å². The van der Waals surface area contributed by atoms with Crippen LogP contribution in [-0.4, -0.2) is 25.4 Å². The summed E-state index contributed by atoms with van der Waals surface area (Å²) in [7, 11) is -3.86. The van der Waals surface area contributed by atoms with Crippen LogP contribution in [-0.2, 0) is 26.2 Å². The summed E-state index contributed by atoms with van der Waals surface area (Å²) in [6.45, 7) is 1.39. The Hall–Kier alpha value is -2.26. The number of halogens is 1. The van der Waals surface area contributed by atoms with E-state index in [0.29, 0.717) is 10.7 Å². The average Bonchev–Trinajstić information content (AvgIpc) is 3.16. The van der Waals surface area contributed by atoms with Gasteiger partial charge in [0.1, 0.15) is 17.7 Å². The van der Waals surface area contributed by atoms with E-state index in [0.717, 1.165) is 10.6 Å². The fourth-order valence-electron chi connectivity index (χ4n) is 2.32. The number of sulfonamides is 1. The van der Waals surface area contributed by atoms with E-state index in [2.05, 4.69) is 9.71 Å². The van der Waals surface area contributed by atoms with E-state index in [4.69, 9.17) is 16.3 Å². The Kier molecular flexibility index (Phi) is 6.46. The highest BCUT2D eigenvalue weighted by Crippen LogP contribution is 2.23. The molecular formula is C19H17ClN2O4S2. The fraction of sp³-hybridized carbons (Fsp3) is 0.158. The van der Waals surface area contributed by atoms with Gasteiger partial charge in [0.2, 0.25) is 10.0 Å². The summed E-state index contributed by atoms with van der Waals surface area (Å²) in [4.78, 5) is 16.6.